The fourth-order valence-electron chi connectivity index (χ4n) is 2.80. The van der Waals surface area contributed by atoms with Crippen molar-refractivity contribution in [2.75, 3.05) is 20.2 Å². The van der Waals surface area contributed by atoms with Crippen molar-refractivity contribution in [3.8, 4) is 5.69 Å². The summed E-state index contributed by atoms with van der Waals surface area (Å²) < 4.78 is 7.54. The molecule has 29 heavy (non-hydrogen) atoms. The van der Waals surface area contributed by atoms with Crippen LogP contribution in [-0.2, 0) is 17.9 Å². The standard InChI is InChI=1S/C22H28N6O/c1-18(14-29-15-20-6-4-3-5-7-20)12-25-22(23-2)26-13-19-8-10-21(11-9-19)28-17-24-16-27-28/h3-11,16-18H,12-15H2,1-2H3,(H2,23,25,26). The van der Waals surface area contributed by atoms with Crippen molar-refractivity contribution < 1.29 is 4.74 Å². The number of nitrogens with zero attached hydrogens (tertiary/aromatic N) is 4. The van der Waals surface area contributed by atoms with E-state index >= 15 is 0 Å². The molecule has 0 fully saturated rings. The lowest BCUT2D eigenvalue weighted by Crippen LogP contribution is -2.39. The van der Waals surface area contributed by atoms with Crippen molar-refractivity contribution >= 4 is 5.96 Å². The van der Waals surface area contributed by atoms with Gasteiger partial charge in [0.25, 0.3) is 0 Å². The fraction of sp³-hybridized carbons (Fsp3) is 0.318. The maximum Gasteiger partial charge on any atom is 0.191 e. The van der Waals surface area contributed by atoms with Crippen LogP contribution in [0.5, 0.6) is 0 Å². The molecule has 0 radical (unpaired) electrons. The summed E-state index contributed by atoms with van der Waals surface area (Å²) >= 11 is 0. The molecule has 152 valence electrons. The number of guanidine groups is 1. The monoisotopic (exact) mass is 392 g/mol. The van der Waals surface area contributed by atoms with Gasteiger partial charge in [0.2, 0.25) is 0 Å². The molecule has 0 saturated heterocycles. The van der Waals surface area contributed by atoms with E-state index in [0.29, 0.717) is 25.7 Å². The highest BCUT2D eigenvalue weighted by atomic mass is 16.5. The molecule has 7 nitrogen and oxygen atoms in total. The fourth-order valence-corrected chi connectivity index (χ4v) is 2.80. The third kappa shape index (κ3) is 6.73. The molecule has 0 saturated carbocycles. The van der Waals surface area contributed by atoms with Crippen LogP contribution in [0.25, 0.3) is 5.69 Å². The second-order valence-corrected chi connectivity index (χ2v) is 6.92. The quantitative estimate of drug-likeness (QED) is 0.433. The van der Waals surface area contributed by atoms with Crippen LogP contribution >= 0.6 is 0 Å². The van der Waals surface area contributed by atoms with Crippen LogP contribution in [0, 0.1) is 5.92 Å². The first-order chi connectivity index (χ1) is 14.2. The zero-order valence-electron chi connectivity index (χ0n) is 17.0. The van der Waals surface area contributed by atoms with E-state index in [1.54, 1.807) is 18.1 Å². The first-order valence-electron chi connectivity index (χ1n) is 9.74. The maximum atomic E-state index is 5.81. The summed E-state index contributed by atoms with van der Waals surface area (Å²) in [5.41, 5.74) is 3.34. The maximum absolute atomic E-state index is 5.81. The highest BCUT2D eigenvalue weighted by molar-refractivity contribution is 5.79. The van der Waals surface area contributed by atoms with Crippen molar-refractivity contribution in [1.29, 1.82) is 0 Å². The predicted octanol–water partition coefficient (Wildman–Crippen LogP) is 2.79. The third-order valence-corrected chi connectivity index (χ3v) is 4.44. The molecule has 7 heteroatoms. The van der Waals surface area contributed by atoms with Gasteiger partial charge in [-0.3, -0.25) is 4.99 Å². The SMILES string of the molecule is CN=C(NCc1ccc(-n2cncn2)cc1)NCC(C)COCc1ccccc1. The number of hydrogen-bond acceptors (Lipinski definition) is 4. The van der Waals surface area contributed by atoms with Gasteiger partial charge in [0.05, 0.1) is 18.9 Å². The zero-order valence-corrected chi connectivity index (χ0v) is 17.0. The Balaban J connectivity index is 1.36. The molecule has 0 aliphatic heterocycles. The number of rotatable bonds is 9. The molecule has 0 spiro atoms. The smallest absolute Gasteiger partial charge is 0.191 e. The van der Waals surface area contributed by atoms with Crippen molar-refractivity contribution in [3.05, 3.63) is 78.4 Å². The van der Waals surface area contributed by atoms with Gasteiger partial charge in [0.1, 0.15) is 12.7 Å². The second kappa shape index (κ2) is 11.0. The van der Waals surface area contributed by atoms with E-state index in [1.165, 1.54) is 11.9 Å². The lowest BCUT2D eigenvalue weighted by Gasteiger charge is -2.16. The molecule has 0 aliphatic carbocycles. The Bertz CT molecular complexity index is 862. The van der Waals surface area contributed by atoms with Gasteiger partial charge in [-0.2, -0.15) is 5.10 Å². The van der Waals surface area contributed by atoms with E-state index in [2.05, 4.69) is 56.9 Å². The average molecular weight is 393 g/mol. The molecule has 1 unspecified atom stereocenters. The number of nitrogens with one attached hydrogen (secondary N) is 2. The highest BCUT2D eigenvalue weighted by Crippen LogP contribution is 2.08. The van der Waals surface area contributed by atoms with E-state index in [9.17, 15) is 0 Å². The summed E-state index contributed by atoms with van der Waals surface area (Å²) in [5.74, 6) is 1.15. The number of benzene rings is 2. The largest absolute Gasteiger partial charge is 0.376 e. The van der Waals surface area contributed by atoms with Gasteiger partial charge in [0.15, 0.2) is 5.96 Å². The first-order valence-corrected chi connectivity index (χ1v) is 9.74. The number of aromatic nitrogens is 3. The van der Waals surface area contributed by atoms with Crippen LogP contribution in [0.1, 0.15) is 18.1 Å². The Kier molecular flexibility index (Phi) is 7.77. The van der Waals surface area contributed by atoms with Crippen LogP contribution in [0.2, 0.25) is 0 Å². The van der Waals surface area contributed by atoms with Crippen LogP contribution in [0.4, 0.5) is 0 Å². The van der Waals surface area contributed by atoms with Gasteiger partial charge in [-0.15, -0.1) is 0 Å². The topological polar surface area (TPSA) is 76.4 Å². The van der Waals surface area contributed by atoms with Crippen LogP contribution < -0.4 is 10.6 Å². The molecule has 3 aromatic rings. The Hall–Kier alpha value is -3.19. The Labute approximate surface area is 171 Å². The molecule has 0 amide bonds. The second-order valence-electron chi connectivity index (χ2n) is 6.92. The van der Waals surface area contributed by atoms with E-state index in [1.807, 2.05) is 30.3 Å². The Morgan fingerprint density at radius 3 is 2.55 bits per heavy atom. The lowest BCUT2D eigenvalue weighted by atomic mass is 10.2. The minimum atomic E-state index is 0.374. The highest BCUT2D eigenvalue weighted by Gasteiger charge is 2.05. The molecule has 1 atom stereocenters. The van der Waals surface area contributed by atoms with Gasteiger partial charge in [-0.05, 0) is 29.2 Å². The molecule has 0 bridgehead atoms. The molecule has 3 rings (SSSR count). The van der Waals surface area contributed by atoms with Crippen molar-refractivity contribution in [3.63, 3.8) is 0 Å². The van der Waals surface area contributed by atoms with Gasteiger partial charge >= 0.3 is 0 Å². The average Bonchev–Trinajstić information content (AvgIpc) is 3.30. The van der Waals surface area contributed by atoms with Crippen LogP contribution in [0.15, 0.2) is 72.2 Å². The van der Waals surface area contributed by atoms with Gasteiger partial charge < -0.3 is 15.4 Å². The van der Waals surface area contributed by atoms with Gasteiger partial charge in [-0.1, -0.05) is 49.4 Å². The summed E-state index contributed by atoms with van der Waals surface area (Å²) in [6.07, 6.45) is 3.21. The molecule has 2 N–H and O–H groups in total. The molecular weight excluding hydrogens is 364 g/mol. The van der Waals surface area contributed by atoms with E-state index in [0.717, 1.165) is 23.8 Å². The van der Waals surface area contributed by atoms with Gasteiger partial charge in [0, 0.05) is 20.1 Å². The first kappa shape index (κ1) is 20.5. The number of hydrogen-bond donors (Lipinski definition) is 2. The summed E-state index contributed by atoms with van der Waals surface area (Å²) in [6, 6.07) is 18.4. The Morgan fingerprint density at radius 2 is 1.86 bits per heavy atom. The van der Waals surface area contributed by atoms with Crippen molar-refractivity contribution in [1.82, 2.24) is 25.4 Å². The summed E-state index contributed by atoms with van der Waals surface area (Å²) in [7, 11) is 1.78. The molecule has 0 aliphatic rings. The number of aliphatic imine (C=N–C) groups is 1. The molecule has 1 heterocycles. The summed E-state index contributed by atoms with van der Waals surface area (Å²) in [4.78, 5) is 8.26. The van der Waals surface area contributed by atoms with Crippen molar-refractivity contribution in [2.45, 2.75) is 20.1 Å². The molecular formula is C22H28N6O. The number of ether oxygens (including phenoxy) is 1. The van der Waals surface area contributed by atoms with Crippen molar-refractivity contribution in [2.24, 2.45) is 10.9 Å². The lowest BCUT2D eigenvalue weighted by molar-refractivity contribution is 0.0931. The van der Waals surface area contributed by atoms with Crippen LogP contribution in [0.3, 0.4) is 0 Å². The van der Waals surface area contributed by atoms with Crippen LogP contribution in [-0.4, -0.2) is 40.9 Å². The zero-order chi connectivity index (χ0) is 20.3. The Morgan fingerprint density at radius 1 is 1.07 bits per heavy atom. The summed E-state index contributed by atoms with van der Waals surface area (Å²) in [6.45, 7) is 4.98. The minimum Gasteiger partial charge on any atom is -0.376 e. The normalized spacial score (nSPS) is 12.6. The van der Waals surface area contributed by atoms with E-state index in [4.69, 9.17) is 4.74 Å². The summed E-state index contributed by atoms with van der Waals surface area (Å²) in [5, 5.41) is 10.8. The van der Waals surface area contributed by atoms with E-state index < -0.39 is 0 Å². The van der Waals surface area contributed by atoms with E-state index in [-0.39, 0.29) is 0 Å². The molecule has 2 aromatic carbocycles. The minimum absolute atomic E-state index is 0.374. The third-order valence-electron chi connectivity index (χ3n) is 4.44. The molecule has 1 aromatic heterocycles. The predicted molar refractivity (Wildman–Crippen MR) is 115 cm³/mol. The van der Waals surface area contributed by atoms with Gasteiger partial charge in [-0.25, -0.2) is 9.67 Å².